The molecule has 0 unspecified atom stereocenters. The summed E-state index contributed by atoms with van der Waals surface area (Å²) >= 11 is 5.87. The van der Waals surface area contributed by atoms with Gasteiger partial charge in [0.25, 0.3) is 5.69 Å². The van der Waals surface area contributed by atoms with Crippen LogP contribution in [0.1, 0.15) is 18.4 Å². The minimum atomic E-state index is -3.83. The van der Waals surface area contributed by atoms with E-state index in [1.807, 2.05) is 19.2 Å². The van der Waals surface area contributed by atoms with Gasteiger partial charge in [-0.25, -0.2) is 8.42 Å². The molecule has 0 amide bonds. The van der Waals surface area contributed by atoms with Crippen LogP contribution >= 0.6 is 11.6 Å². The highest BCUT2D eigenvalue weighted by Gasteiger charge is 2.31. The summed E-state index contributed by atoms with van der Waals surface area (Å²) in [5, 5.41) is 15.2. The monoisotopic (exact) mass is 452 g/mol. The molecule has 1 fully saturated rings. The summed E-state index contributed by atoms with van der Waals surface area (Å²) in [6.45, 7) is 1.98. The third-order valence-electron chi connectivity index (χ3n) is 5.44. The van der Waals surface area contributed by atoms with E-state index in [0.29, 0.717) is 11.6 Å². The number of hydrogen-bond acceptors (Lipinski definition) is 6. The summed E-state index contributed by atoms with van der Waals surface area (Å²) in [6, 6.07) is 11.0. The van der Waals surface area contributed by atoms with Gasteiger partial charge in [0.2, 0.25) is 10.0 Å². The number of nitro groups is 1. The maximum Gasteiger partial charge on any atom is 0.293 e. The second-order valence-corrected chi connectivity index (χ2v) is 9.91. The fraction of sp³-hybridized carbons (Fsp3) is 0.400. The van der Waals surface area contributed by atoms with Crippen LogP contribution in [-0.2, 0) is 16.6 Å². The van der Waals surface area contributed by atoms with E-state index >= 15 is 0 Å². The smallest absolute Gasteiger partial charge is 0.293 e. The molecule has 1 N–H and O–H groups in total. The summed E-state index contributed by atoms with van der Waals surface area (Å²) in [5.41, 5.74) is 0.880. The van der Waals surface area contributed by atoms with Gasteiger partial charge >= 0.3 is 0 Å². The van der Waals surface area contributed by atoms with Crippen LogP contribution in [0.15, 0.2) is 47.4 Å². The third-order valence-corrected chi connectivity index (χ3v) is 7.60. The van der Waals surface area contributed by atoms with Crippen molar-refractivity contribution in [2.45, 2.75) is 30.3 Å². The van der Waals surface area contributed by atoms with Gasteiger partial charge in [-0.05, 0) is 62.8 Å². The lowest BCUT2D eigenvalue weighted by molar-refractivity contribution is -0.384. The normalized spacial score (nSPS) is 16.0. The van der Waals surface area contributed by atoms with E-state index in [9.17, 15) is 18.5 Å². The molecule has 0 bridgehead atoms. The van der Waals surface area contributed by atoms with Gasteiger partial charge in [-0.3, -0.25) is 10.1 Å². The molecule has 2 aromatic rings. The van der Waals surface area contributed by atoms with E-state index < -0.39 is 14.9 Å². The van der Waals surface area contributed by atoms with Crippen LogP contribution < -0.4 is 5.32 Å². The summed E-state index contributed by atoms with van der Waals surface area (Å²) < 4.78 is 27.5. The number of benzene rings is 2. The summed E-state index contributed by atoms with van der Waals surface area (Å²) in [4.78, 5) is 13.1. The molecule has 8 nitrogen and oxygen atoms in total. The number of piperidine rings is 1. The molecular formula is C20H25ClN4O4S. The Labute approximate surface area is 181 Å². The Kier molecular flexibility index (Phi) is 6.97. The van der Waals surface area contributed by atoms with Crippen LogP contribution in [0.5, 0.6) is 0 Å². The summed E-state index contributed by atoms with van der Waals surface area (Å²) in [5.74, 6) is 0. The molecule has 2 aromatic carbocycles. The lowest BCUT2D eigenvalue weighted by Crippen LogP contribution is -2.44. The molecule has 0 radical (unpaired) electrons. The zero-order valence-corrected chi connectivity index (χ0v) is 18.5. The molecule has 1 saturated heterocycles. The first-order valence-electron chi connectivity index (χ1n) is 9.62. The number of likely N-dealkylation sites (tertiary alicyclic amines) is 1. The maximum absolute atomic E-state index is 13.1. The number of nitrogens with one attached hydrogen (secondary N) is 1. The molecule has 10 heteroatoms. The van der Waals surface area contributed by atoms with E-state index in [-0.39, 0.29) is 22.3 Å². The van der Waals surface area contributed by atoms with Gasteiger partial charge in [-0.1, -0.05) is 23.7 Å². The number of rotatable bonds is 7. The van der Waals surface area contributed by atoms with Crippen LogP contribution in [-0.4, -0.2) is 55.8 Å². The number of anilines is 1. The van der Waals surface area contributed by atoms with E-state index in [1.54, 1.807) is 19.2 Å². The van der Waals surface area contributed by atoms with Crippen molar-refractivity contribution in [1.82, 2.24) is 9.21 Å². The van der Waals surface area contributed by atoms with Gasteiger partial charge in [-0.2, -0.15) is 4.31 Å². The van der Waals surface area contributed by atoms with E-state index in [4.69, 9.17) is 11.6 Å². The number of nitro benzene ring substituents is 1. The average Bonchev–Trinajstić information content (AvgIpc) is 2.73. The van der Waals surface area contributed by atoms with Crippen molar-refractivity contribution in [3.8, 4) is 0 Å². The van der Waals surface area contributed by atoms with Gasteiger partial charge < -0.3 is 10.2 Å². The number of hydrogen-bond donors (Lipinski definition) is 1. The van der Waals surface area contributed by atoms with Crippen molar-refractivity contribution in [2.24, 2.45) is 0 Å². The Morgan fingerprint density at radius 2 is 1.83 bits per heavy atom. The van der Waals surface area contributed by atoms with Crippen LogP contribution in [0.3, 0.4) is 0 Å². The lowest BCUT2D eigenvalue weighted by atomic mass is 10.1. The summed E-state index contributed by atoms with van der Waals surface area (Å²) in [7, 11) is -0.284. The molecule has 1 aliphatic rings. The Balaban J connectivity index is 1.81. The van der Waals surface area contributed by atoms with E-state index in [2.05, 4.69) is 10.2 Å². The molecule has 0 spiro atoms. The molecule has 30 heavy (non-hydrogen) atoms. The van der Waals surface area contributed by atoms with Gasteiger partial charge in [-0.15, -0.1) is 0 Å². The van der Waals surface area contributed by atoms with Crippen LogP contribution in [0.4, 0.5) is 11.4 Å². The molecule has 1 heterocycles. The predicted molar refractivity (Wildman–Crippen MR) is 117 cm³/mol. The average molecular weight is 453 g/mol. The fourth-order valence-corrected chi connectivity index (χ4v) is 5.06. The lowest BCUT2D eigenvalue weighted by Gasteiger charge is -2.34. The molecule has 0 saturated carbocycles. The highest BCUT2D eigenvalue weighted by atomic mass is 35.5. The first kappa shape index (κ1) is 22.5. The van der Waals surface area contributed by atoms with Gasteiger partial charge in [0.15, 0.2) is 0 Å². The largest absolute Gasteiger partial charge is 0.375 e. The fourth-order valence-electron chi connectivity index (χ4n) is 3.49. The highest BCUT2D eigenvalue weighted by Crippen LogP contribution is 2.30. The Morgan fingerprint density at radius 3 is 2.43 bits per heavy atom. The highest BCUT2D eigenvalue weighted by molar-refractivity contribution is 7.89. The maximum atomic E-state index is 13.1. The minimum Gasteiger partial charge on any atom is -0.375 e. The van der Waals surface area contributed by atoms with Gasteiger partial charge in [0.05, 0.1) is 9.82 Å². The first-order chi connectivity index (χ1) is 14.2. The van der Waals surface area contributed by atoms with Crippen LogP contribution in [0.2, 0.25) is 5.02 Å². The van der Waals surface area contributed by atoms with Crippen molar-refractivity contribution in [3.63, 3.8) is 0 Å². The molecular weight excluding hydrogens is 428 g/mol. The minimum absolute atomic E-state index is 0.0762. The van der Waals surface area contributed by atoms with Crippen molar-refractivity contribution in [1.29, 1.82) is 0 Å². The zero-order valence-electron chi connectivity index (χ0n) is 16.9. The number of halogens is 1. The quantitative estimate of drug-likeness (QED) is 0.509. The Hall–Kier alpha value is -2.20. The first-order valence-corrected chi connectivity index (χ1v) is 11.4. The van der Waals surface area contributed by atoms with Crippen molar-refractivity contribution < 1.29 is 13.3 Å². The molecule has 1 aliphatic heterocycles. The second-order valence-electron chi connectivity index (χ2n) is 7.47. The zero-order chi connectivity index (χ0) is 21.9. The predicted octanol–water partition coefficient (Wildman–Crippen LogP) is 3.58. The van der Waals surface area contributed by atoms with Crippen molar-refractivity contribution in [3.05, 3.63) is 63.2 Å². The Bertz CT molecular complexity index is 1010. The molecule has 0 aromatic heterocycles. The van der Waals surface area contributed by atoms with Crippen molar-refractivity contribution in [2.75, 3.05) is 32.5 Å². The number of sulfonamides is 1. The topological polar surface area (TPSA) is 95.8 Å². The van der Waals surface area contributed by atoms with Crippen molar-refractivity contribution >= 4 is 33.0 Å². The van der Waals surface area contributed by atoms with Crippen LogP contribution in [0.25, 0.3) is 0 Å². The molecule has 162 valence electrons. The second kappa shape index (κ2) is 9.30. The summed E-state index contributed by atoms with van der Waals surface area (Å²) in [6.07, 6.45) is 1.46. The Morgan fingerprint density at radius 1 is 1.20 bits per heavy atom. The van der Waals surface area contributed by atoms with Gasteiger partial charge in [0.1, 0.15) is 5.69 Å². The molecule has 0 aliphatic carbocycles. The number of nitrogens with zero attached hydrogens (tertiary/aromatic N) is 3. The van der Waals surface area contributed by atoms with Gasteiger partial charge in [0, 0.05) is 30.7 Å². The van der Waals surface area contributed by atoms with Crippen LogP contribution in [0, 0.1) is 10.1 Å². The SMILES string of the molecule is CN1CCC(N(C)S(=O)(=O)c2ccc(NCc3ccc(Cl)cc3)c([N+](=O)[O-])c2)CC1. The third kappa shape index (κ3) is 5.10. The molecule has 3 rings (SSSR count). The molecule has 0 atom stereocenters. The van der Waals surface area contributed by atoms with E-state index in [0.717, 1.165) is 37.6 Å². The van der Waals surface area contributed by atoms with E-state index in [1.165, 1.54) is 16.4 Å². The standard InChI is InChI=1S/C20H25ClN4O4S/c1-23-11-9-17(10-12-23)24(2)30(28,29)18-7-8-19(20(13-18)25(26)27)22-14-15-3-5-16(21)6-4-15/h3-8,13,17,22H,9-12,14H2,1-2H3.